The average Bonchev–Trinajstić information content (AvgIpc) is 2.89. The molecule has 0 aliphatic heterocycles. The third kappa shape index (κ3) is 9.28. The highest BCUT2D eigenvalue weighted by atomic mass is 16.5. The van der Waals surface area contributed by atoms with Crippen LogP contribution in [0.1, 0.15) is 25.5 Å². The van der Waals surface area contributed by atoms with Crippen molar-refractivity contribution in [1.29, 1.82) is 0 Å². The molecule has 0 bridgehead atoms. The van der Waals surface area contributed by atoms with Crippen LogP contribution in [-0.2, 0) is 27.2 Å². The minimum Gasteiger partial charge on any atom is -0.378 e. The lowest BCUT2D eigenvalue weighted by atomic mass is 10.1. The Morgan fingerprint density at radius 2 is 2.05 bits per heavy atom. The van der Waals surface area contributed by atoms with E-state index < -0.39 is 0 Å². The van der Waals surface area contributed by atoms with Crippen LogP contribution in [0.15, 0.2) is 6.20 Å². The summed E-state index contributed by atoms with van der Waals surface area (Å²) in [7, 11) is 1.90. The van der Waals surface area contributed by atoms with Gasteiger partial charge in [-0.2, -0.15) is 0 Å². The maximum absolute atomic E-state index is 10.9. The van der Waals surface area contributed by atoms with Crippen LogP contribution in [0.2, 0.25) is 0 Å². The van der Waals surface area contributed by atoms with Crippen LogP contribution in [0, 0.1) is 0 Å². The highest BCUT2D eigenvalue weighted by Gasteiger charge is 2.02. The normalized spacial score (nSPS) is 11.0. The first kappa shape index (κ1) is 17.7. The van der Waals surface area contributed by atoms with E-state index in [2.05, 4.69) is 15.6 Å². The topological polar surface area (TPSA) is 78.3 Å². The average molecular weight is 298 g/mol. The lowest BCUT2D eigenvalue weighted by Gasteiger charge is -2.05. The third-order valence-corrected chi connectivity index (χ3v) is 2.88. The zero-order chi connectivity index (χ0) is 15.3. The molecule has 1 N–H and O–H groups in total. The molecule has 0 amide bonds. The zero-order valence-corrected chi connectivity index (χ0v) is 13.0. The van der Waals surface area contributed by atoms with Crippen molar-refractivity contribution in [3.05, 3.63) is 11.9 Å². The molecule has 0 aliphatic rings. The largest absolute Gasteiger partial charge is 0.378 e. The molecule has 0 aromatic carbocycles. The Bertz CT molecular complexity index is 395. The Balaban J connectivity index is 2.02. The highest BCUT2D eigenvalue weighted by molar-refractivity contribution is 5.75. The number of aryl methyl sites for hydroxylation is 1. The second-order valence-electron chi connectivity index (χ2n) is 4.86. The van der Waals surface area contributed by atoms with Crippen molar-refractivity contribution in [2.45, 2.75) is 32.7 Å². The van der Waals surface area contributed by atoms with Crippen LogP contribution in [0.4, 0.5) is 0 Å². The Labute approximate surface area is 126 Å². The molecule has 1 aromatic rings. The number of hydrogen-bond acceptors (Lipinski definition) is 6. The minimum atomic E-state index is 0.215. The number of rotatable bonds is 13. The van der Waals surface area contributed by atoms with Crippen LogP contribution >= 0.6 is 0 Å². The third-order valence-electron chi connectivity index (χ3n) is 2.88. The molecular weight excluding hydrogens is 272 g/mol. The molecule has 21 heavy (non-hydrogen) atoms. The number of likely N-dealkylation sites (N-methyl/N-ethyl adjacent to an activating group) is 1. The van der Waals surface area contributed by atoms with E-state index in [-0.39, 0.29) is 5.78 Å². The van der Waals surface area contributed by atoms with Crippen molar-refractivity contribution in [2.24, 2.45) is 0 Å². The van der Waals surface area contributed by atoms with Crippen LogP contribution in [-0.4, -0.2) is 60.8 Å². The van der Waals surface area contributed by atoms with E-state index in [1.165, 1.54) is 0 Å². The molecule has 0 saturated heterocycles. The van der Waals surface area contributed by atoms with E-state index >= 15 is 0 Å². The summed E-state index contributed by atoms with van der Waals surface area (Å²) >= 11 is 0. The summed E-state index contributed by atoms with van der Waals surface area (Å²) in [4.78, 5) is 10.9. The lowest BCUT2D eigenvalue weighted by Crippen LogP contribution is -2.16. The Morgan fingerprint density at radius 3 is 2.76 bits per heavy atom. The first-order valence-electron chi connectivity index (χ1n) is 7.41. The predicted octanol–water partition coefficient (Wildman–Crippen LogP) is 0.442. The van der Waals surface area contributed by atoms with Crippen LogP contribution in [0.25, 0.3) is 0 Å². The summed E-state index contributed by atoms with van der Waals surface area (Å²) in [5, 5.41) is 11.1. The van der Waals surface area contributed by atoms with Gasteiger partial charge in [0.25, 0.3) is 0 Å². The van der Waals surface area contributed by atoms with E-state index in [1.54, 1.807) is 11.6 Å². The number of ketones is 1. The molecule has 0 fully saturated rings. The van der Waals surface area contributed by atoms with Gasteiger partial charge in [0.1, 0.15) is 5.78 Å². The summed E-state index contributed by atoms with van der Waals surface area (Å²) in [6.07, 6.45) is 4.13. The van der Waals surface area contributed by atoms with Gasteiger partial charge >= 0.3 is 0 Å². The Morgan fingerprint density at radius 1 is 1.29 bits per heavy atom. The van der Waals surface area contributed by atoms with Crippen molar-refractivity contribution in [2.75, 3.05) is 40.0 Å². The van der Waals surface area contributed by atoms with Gasteiger partial charge in [-0.3, -0.25) is 0 Å². The molecule has 7 nitrogen and oxygen atoms in total. The fraction of sp³-hybridized carbons (Fsp3) is 0.786. The molecule has 120 valence electrons. The SMILES string of the molecule is CNCCOCCOCCn1cc(CCCC(C)=O)nn1. The summed E-state index contributed by atoms with van der Waals surface area (Å²) in [6, 6.07) is 0. The van der Waals surface area contributed by atoms with Gasteiger partial charge < -0.3 is 19.6 Å². The number of hydrogen-bond donors (Lipinski definition) is 1. The number of ether oxygens (including phenoxy) is 2. The van der Waals surface area contributed by atoms with Crippen molar-refractivity contribution in [3.8, 4) is 0 Å². The fourth-order valence-electron chi connectivity index (χ4n) is 1.74. The van der Waals surface area contributed by atoms with Crippen molar-refractivity contribution >= 4 is 5.78 Å². The smallest absolute Gasteiger partial charge is 0.129 e. The lowest BCUT2D eigenvalue weighted by molar-refractivity contribution is -0.117. The van der Waals surface area contributed by atoms with E-state index in [9.17, 15) is 4.79 Å². The van der Waals surface area contributed by atoms with Crippen molar-refractivity contribution in [3.63, 3.8) is 0 Å². The van der Waals surface area contributed by atoms with E-state index in [0.29, 0.717) is 39.4 Å². The fourth-order valence-corrected chi connectivity index (χ4v) is 1.74. The second-order valence-corrected chi connectivity index (χ2v) is 4.86. The zero-order valence-electron chi connectivity index (χ0n) is 13.0. The molecule has 0 saturated carbocycles. The van der Waals surface area contributed by atoms with Gasteiger partial charge in [0.2, 0.25) is 0 Å². The highest BCUT2D eigenvalue weighted by Crippen LogP contribution is 2.01. The van der Waals surface area contributed by atoms with E-state index in [4.69, 9.17) is 9.47 Å². The monoisotopic (exact) mass is 298 g/mol. The van der Waals surface area contributed by atoms with Crippen LogP contribution < -0.4 is 5.32 Å². The summed E-state index contributed by atoms with van der Waals surface area (Å²) in [5.41, 5.74) is 0.923. The standard InChI is InChI=1S/C14H26N4O3/c1-13(19)4-3-5-14-12-18(17-16-14)7-9-21-11-10-20-8-6-15-2/h12,15H,3-11H2,1-2H3. The van der Waals surface area contributed by atoms with Crippen LogP contribution in [0.3, 0.4) is 0 Å². The Hall–Kier alpha value is -1.31. The molecular formula is C14H26N4O3. The van der Waals surface area contributed by atoms with Gasteiger partial charge in [-0.25, -0.2) is 4.68 Å². The number of carbonyl (C=O) groups is 1. The second kappa shape index (κ2) is 11.4. The minimum absolute atomic E-state index is 0.215. The van der Waals surface area contributed by atoms with Gasteiger partial charge in [-0.1, -0.05) is 5.21 Å². The van der Waals surface area contributed by atoms with Crippen molar-refractivity contribution in [1.82, 2.24) is 20.3 Å². The molecule has 0 aliphatic carbocycles. The number of Topliss-reactive ketones (excluding diaryl/α,β-unsaturated/α-hetero) is 1. The molecule has 1 aromatic heterocycles. The van der Waals surface area contributed by atoms with Gasteiger partial charge in [-0.05, 0) is 26.8 Å². The molecule has 0 spiro atoms. The maximum Gasteiger partial charge on any atom is 0.129 e. The maximum atomic E-state index is 10.9. The quantitative estimate of drug-likeness (QED) is 0.533. The predicted molar refractivity (Wildman–Crippen MR) is 79.2 cm³/mol. The van der Waals surface area contributed by atoms with Gasteiger partial charge in [-0.15, -0.1) is 5.10 Å². The summed E-state index contributed by atoms with van der Waals surface area (Å²) < 4.78 is 12.6. The summed E-state index contributed by atoms with van der Waals surface area (Å²) in [6.45, 7) is 5.62. The number of carbonyl (C=O) groups excluding carboxylic acids is 1. The summed E-state index contributed by atoms with van der Waals surface area (Å²) in [5.74, 6) is 0.215. The molecule has 1 heterocycles. The molecule has 0 unspecified atom stereocenters. The molecule has 1 rings (SSSR count). The van der Waals surface area contributed by atoms with Gasteiger partial charge in [0.15, 0.2) is 0 Å². The number of aromatic nitrogens is 3. The first-order valence-corrected chi connectivity index (χ1v) is 7.41. The van der Waals surface area contributed by atoms with Crippen LogP contribution in [0.5, 0.6) is 0 Å². The number of nitrogens with zero attached hydrogens (tertiary/aromatic N) is 3. The first-order chi connectivity index (χ1) is 10.2. The van der Waals surface area contributed by atoms with Gasteiger partial charge in [0.05, 0.1) is 38.7 Å². The van der Waals surface area contributed by atoms with Crippen molar-refractivity contribution < 1.29 is 14.3 Å². The molecule has 0 atom stereocenters. The molecule has 7 heteroatoms. The number of nitrogens with one attached hydrogen (secondary N) is 1. The van der Waals surface area contributed by atoms with E-state index in [1.807, 2.05) is 13.2 Å². The van der Waals surface area contributed by atoms with E-state index in [0.717, 1.165) is 25.1 Å². The Kier molecular flexibility index (Phi) is 9.60. The molecule has 0 radical (unpaired) electrons. The van der Waals surface area contributed by atoms with Gasteiger partial charge in [0, 0.05) is 19.2 Å².